The first-order chi connectivity index (χ1) is 7.84. The highest BCUT2D eigenvalue weighted by Gasteiger charge is 2.46. The van der Waals surface area contributed by atoms with Crippen LogP contribution in [0.15, 0.2) is 18.2 Å². The van der Waals surface area contributed by atoms with E-state index in [1.165, 1.54) is 12.8 Å². The molecular formula is C14H19Cl2N. The van der Waals surface area contributed by atoms with E-state index in [9.17, 15) is 0 Å². The minimum Gasteiger partial charge on any atom is -0.311 e. The second-order valence-electron chi connectivity index (χ2n) is 5.98. The van der Waals surface area contributed by atoms with Crippen molar-refractivity contribution < 1.29 is 0 Å². The number of benzene rings is 1. The van der Waals surface area contributed by atoms with Crippen LogP contribution in [-0.2, 0) is 5.41 Å². The Morgan fingerprint density at radius 2 is 1.71 bits per heavy atom. The Bertz CT molecular complexity index is 396. The summed E-state index contributed by atoms with van der Waals surface area (Å²) >= 11 is 12.6. The Kier molecular flexibility index (Phi) is 3.46. The van der Waals surface area contributed by atoms with Gasteiger partial charge in [0.1, 0.15) is 0 Å². The smallest absolute Gasteiger partial charge is 0.0459 e. The highest BCUT2D eigenvalue weighted by molar-refractivity contribution is 6.36. The summed E-state index contributed by atoms with van der Waals surface area (Å²) in [5.41, 5.74) is 1.41. The van der Waals surface area contributed by atoms with E-state index in [0.29, 0.717) is 0 Å². The minimum absolute atomic E-state index is 0.128. The standard InChI is InChI=1S/C14H19Cl2N/c1-13(2,3)17-9-14(7-8-14)12-10(15)5-4-6-11(12)16/h4-6,17H,7-9H2,1-3H3. The molecule has 0 unspecified atom stereocenters. The molecule has 0 radical (unpaired) electrons. The summed E-state index contributed by atoms with van der Waals surface area (Å²) in [5, 5.41) is 5.15. The van der Waals surface area contributed by atoms with Gasteiger partial charge in [-0.1, -0.05) is 29.3 Å². The lowest BCUT2D eigenvalue weighted by molar-refractivity contribution is 0.400. The Labute approximate surface area is 114 Å². The quantitative estimate of drug-likeness (QED) is 0.859. The molecule has 1 aliphatic carbocycles. The van der Waals surface area contributed by atoms with Gasteiger partial charge in [-0.2, -0.15) is 0 Å². The predicted molar refractivity (Wildman–Crippen MR) is 75.1 cm³/mol. The van der Waals surface area contributed by atoms with Crippen molar-refractivity contribution in [2.24, 2.45) is 0 Å². The Hall–Kier alpha value is -0.240. The lowest BCUT2D eigenvalue weighted by Crippen LogP contribution is -2.41. The van der Waals surface area contributed by atoms with Crippen molar-refractivity contribution in [2.45, 2.75) is 44.6 Å². The molecule has 0 spiro atoms. The molecule has 1 aromatic carbocycles. The highest BCUT2D eigenvalue weighted by Crippen LogP contribution is 2.52. The molecule has 17 heavy (non-hydrogen) atoms. The molecule has 0 aromatic heterocycles. The van der Waals surface area contributed by atoms with Crippen molar-refractivity contribution in [3.05, 3.63) is 33.8 Å². The lowest BCUT2D eigenvalue weighted by Gasteiger charge is -2.26. The molecule has 0 heterocycles. The third-order valence-corrected chi connectivity index (χ3v) is 3.93. The van der Waals surface area contributed by atoms with Crippen LogP contribution >= 0.6 is 23.2 Å². The summed E-state index contributed by atoms with van der Waals surface area (Å²) in [6.07, 6.45) is 2.33. The van der Waals surface area contributed by atoms with E-state index in [4.69, 9.17) is 23.2 Å². The number of hydrogen-bond acceptors (Lipinski definition) is 1. The van der Waals surface area contributed by atoms with Crippen molar-refractivity contribution in [3.8, 4) is 0 Å². The molecule has 1 aliphatic rings. The van der Waals surface area contributed by atoms with Gasteiger partial charge in [-0.05, 0) is 51.3 Å². The van der Waals surface area contributed by atoms with Crippen molar-refractivity contribution in [2.75, 3.05) is 6.54 Å². The molecule has 1 aromatic rings. The number of nitrogens with one attached hydrogen (secondary N) is 1. The van der Waals surface area contributed by atoms with Crippen LogP contribution in [0.2, 0.25) is 10.0 Å². The third kappa shape index (κ3) is 2.96. The Morgan fingerprint density at radius 3 is 2.12 bits per heavy atom. The van der Waals surface area contributed by atoms with Crippen LogP contribution in [0.4, 0.5) is 0 Å². The second-order valence-corrected chi connectivity index (χ2v) is 6.79. The zero-order valence-corrected chi connectivity index (χ0v) is 12.1. The van der Waals surface area contributed by atoms with Gasteiger partial charge in [-0.25, -0.2) is 0 Å². The third-order valence-electron chi connectivity index (χ3n) is 3.30. The first-order valence-electron chi connectivity index (χ1n) is 6.04. The summed E-state index contributed by atoms with van der Waals surface area (Å²) in [4.78, 5) is 0. The van der Waals surface area contributed by atoms with E-state index >= 15 is 0 Å². The van der Waals surface area contributed by atoms with Crippen LogP contribution in [0, 0.1) is 0 Å². The average molecular weight is 272 g/mol. The molecule has 0 aliphatic heterocycles. The molecular weight excluding hydrogens is 253 g/mol. The normalized spacial score (nSPS) is 18.2. The largest absolute Gasteiger partial charge is 0.311 e. The average Bonchev–Trinajstić information content (AvgIpc) is 2.95. The maximum absolute atomic E-state index is 6.29. The maximum Gasteiger partial charge on any atom is 0.0459 e. The van der Waals surface area contributed by atoms with Crippen LogP contribution < -0.4 is 5.32 Å². The van der Waals surface area contributed by atoms with E-state index in [1.807, 2.05) is 18.2 Å². The summed E-state index contributed by atoms with van der Waals surface area (Å²) in [6, 6.07) is 5.77. The molecule has 3 heteroatoms. The number of halogens is 2. The van der Waals surface area contributed by atoms with Gasteiger partial charge in [-0.15, -0.1) is 0 Å². The molecule has 2 rings (SSSR count). The Balaban J connectivity index is 2.21. The van der Waals surface area contributed by atoms with Crippen molar-refractivity contribution in [1.29, 1.82) is 0 Å². The zero-order chi connectivity index (χ0) is 12.7. The number of hydrogen-bond donors (Lipinski definition) is 1. The predicted octanol–water partition coefficient (Wildman–Crippen LogP) is 4.41. The van der Waals surface area contributed by atoms with Crippen LogP contribution in [0.25, 0.3) is 0 Å². The summed E-state index contributed by atoms with van der Waals surface area (Å²) < 4.78 is 0. The minimum atomic E-state index is 0.128. The van der Waals surface area contributed by atoms with E-state index in [0.717, 1.165) is 22.2 Å². The summed E-state index contributed by atoms with van der Waals surface area (Å²) in [6.45, 7) is 7.48. The molecule has 1 fully saturated rings. The monoisotopic (exact) mass is 271 g/mol. The van der Waals surface area contributed by atoms with E-state index in [-0.39, 0.29) is 11.0 Å². The van der Waals surface area contributed by atoms with Crippen molar-refractivity contribution in [3.63, 3.8) is 0 Å². The molecule has 94 valence electrons. The van der Waals surface area contributed by atoms with Crippen LogP contribution in [0.1, 0.15) is 39.2 Å². The molecule has 0 bridgehead atoms. The zero-order valence-electron chi connectivity index (χ0n) is 10.6. The fourth-order valence-electron chi connectivity index (χ4n) is 2.10. The van der Waals surface area contributed by atoms with Crippen molar-refractivity contribution in [1.82, 2.24) is 5.32 Å². The molecule has 0 amide bonds. The summed E-state index contributed by atoms with van der Waals surface area (Å²) in [7, 11) is 0. The van der Waals surface area contributed by atoms with Gasteiger partial charge in [0.05, 0.1) is 0 Å². The van der Waals surface area contributed by atoms with Gasteiger partial charge < -0.3 is 5.32 Å². The van der Waals surface area contributed by atoms with Gasteiger partial charge >= 0.3 is 0 Å². The fourth-order valence-corrected chi connectivity index (χ4v) is 2.90. The highest BCUT2D eigenvalue weighted by atomic mass is 35.5. The number of rotatable bonds is 3. The van der Waals surface area contributed by atoms with E-state index in [1.54, 1.807) is 0 Å². The van der Waals surface area contributed by atoms with E-state index in [2.05, 4.69) is 26.1 Å². The van der Waals surface area contributed by atoms with Gasteiger partial charge in [0.15, 0.2) is 0 Å². The fraction of sp³-hybridized carbons (Fsp3) is 0.571. The first-order valence-corrected chi connectivity index (χ1v) is 6.79. The molecule has 1 saturated carbocycles. The SMILES string of the molecule is CC(C)(C)NCC1(c2c(Cl)cccc2Cl)CC1. The molecule has 0 atom stereocenters. The topological polar surface area (TPSA) is 12.0 Å². The molecule has 1 nitrogen and oxygen atoms in total. The van der Waals surface area contributed by atoms with Gasteiger partial charge in [0, 0.05) is 27.5 Å². The summed E-state index contributed by atoms with van der Waals surface area (Å²) in [5.74, 6) is 0. The second kappa shape index (κ2) is 4.46. The Morgan fingerprint density at radius 1 is 1.18 bits per heavy atom. The van der Waals surface area contributed by atoms with Gasteiger partial charge in [0.25, 0.3) is 0 Å². The molecule has 1 N–H and O–H groups in total. The van der Waals surface area contributed by atoms with Gasteiger partial charge in [0.2, 0.25) is 0 Å². The van der Waals surface area contributed by atoms with Crippen LogP contribution in [-0.4, -0.2) is 12.1 Å². The van der Waals surface area contributed by atoms with Crippen LogP contribution in [0.3, 0.4) is 0 Å². The molecule has 0 saturated heterocycles. The van der Waals surface area contributed by atoms with E-state index < -0.39 is 0 Å². The van der Waals surface area contributed by atoms with Crippen molar-refractivity contribution >= 4 is 23.2 Å². The first kappa shape index (κ1) is 13.2. The maximum atomic E-state index is 6.29. The van der Waals surface area contributed by atoms with Gasteiger partial charge in [-0.3, -0.25) is 0 Å². The van der Waals surface area contributed by atoms with Crippen LogP contribution in [0.5, 0.6) is 0 Å². The lowest BCUT2D eigenvalue weighted by atomic mass is 9.94.